The van der Waals surface area contributed by atoms with Gasteiger partial charge >= 0.3 is 0 Å². The van der Waals surface area contributed by atoms with E-state index in [1.807, 2.05) is 6.07 Å². The van der Waals surface area contributed by atoms with Crippen molar-refractivity contribution < 1.29 is 4.74 Å². The summed E-state index contributed by atoms with van der Waals surface area (Å²) in [7, 11) is 1.73. The SMILES string of the molecule is COCCN(c1ncc(Cl)cc1Br)C(C)C1CC1. The van der Waals surface area contributed by atoms with Gasteiger partial charge in [0.2, 0.25) is 0 Å². The molecule has 0 aliphatic heterocycles. The van der Waals surface area contributed by atoms with Gasteiger partial charge in [-0.1, -0.05) is 11.6 Å². The van der Waals surface area contributed by atoms with Crippen LogP contribution in [0.1, 0.15) is 19.8 Å². The van der Waals surface area contributed by atoms with Crippen LogP contribution in [-0.4, -0.2) is 31.3 Å². The number of anilines is 1. The summed E-state index contributed by atoms with van der Waals surface area (Å²) in [5.74, 6) is 1.74. The number of aromatic nitrogens is 1. The lowest BCUT2D eigenvalue weighted by molar-refractivity contribution is 0.202. The third-order valence-electron chi connectivity index (χ3n) is 3.39. The first-order chi connectivity index (χ1) is 8.63. The molecule has 0 radical (unpaired) electrons. The highest BCUT2D eigenvalue weighted by Gasteiger charge is 2.33. The molecule has 3 nitrogen and oxygen atoms in total. The fourth-order valence-corrected chi connectivity index (χ4v) is 3.01. The van der Waals surface area contributed by atoms with Crippen molar-refractivity contribution in [1.29, 1.82) is 0 Å². The van der Waals surface area contributed by atoms with Gasteiger partial charge in [-0.15, -0.1) is 0 Å². The van der Waals surface area contributed by atoms with Crippen LogP contribution in [0.4, 0.5) is 5.82 Å². The summed E-state index contributed by atoms with van der Waals surface area (Å²) in [5, 5.41) is 0.649. The quantitative estimate of drug-likeness (QED) is 0.793. The lowest BCUT2D eigenvalue weighted by atomic mass is 10.2. The third kappa shape index (κ3) is 3.37. The molecule has 0 spiro atoms. The van der Waals surface area contributed by atoms with Crippen molar-refractivity contribution in [2.75, 3.05) is 25.2 Å². The molecule has 1 heterocycles. The topological polar surface area (TPSA) is 25.4 Å². The molecule has 1 atom stereocenters. The van der Waals surface area contributed by atoms with Crippen molar-refractivity contribution >= 4 is 33.3 Å². The number of halogens is 2. The summed E-state index contributed by atoms with van der Waals surface area (Å²) in [6.07, 6.45) is 4.33. The van der Waals surface area contributed by atoms with E-state index in [0.29, 0.717) is 17.7 Å². The van der Waals surface area contributed by atoms with E-state index in [9.17, 15) is 0 Å². The van der Waals surface area contributed by atoms with Crippen LogP contribution in [0.2, 0.25) is 5.02 Å². The lowest BCUT2D eigenvalue weighted by Crippen LogP contribution is -2.38. The molecule has 1 aliphatic rings. The van der Waals surface area contributed by atoms with E-state index in [1.54, 1.807) is 13.3 Å². The molecular formula is C13H18BrClN2O. The van der Waals surface area contributed by atoms with Crippen molar-refractivity contribution in [1.82, 2.24) is 4.98 Å². The molecule has 2 rings (SSSR count). The Kier molecular flexibility index (Phi) is 4.87. The second-order valence-electron chi connectivity index (χ2n) is 4.72. The molecule has 0 bridgehead atoms. The molecule has 1 aliphatic carbocycles. The zero-order valence-corrected chi connectivity index (χ0v) is 13.0. The molecule has 18 heavy (non-hydrogen) atoms. The normalized spacial score (nSPS) is 16.7. The summed E-state index contributed by atoms with van der Waals surface area (Å²) < 4.78 is 6.14. The molecule has 1 aromatic heterocycles. The molecule has 1 unspecified atom stereocenters. The molecular weight excluding hydrogens is 316 g/mol. The molecule has 100 valence electrons. The van der Waals surface area contributed by atoms with Crippen molar-refractivity contribution in [3.63, 3.8) is 0 Å². The minimum Gasteiger partial charge on any atom is -0.383 e. The van der Waals surface area contributed by atoms with Crippen molar-refractivity contribution in [3.8, 4) is 0 Å². The molecule has 1 aromatic rings. The van der Waals surface area contributed by atoms with Gasteiger partial charge in [-0.2, -0.15) is 0 Å². The summed E-state index contributed by atoms with van der Waals surface area (Å²) in [5.41, 5.74) is 0. The fraction of sp³-hybridized carbons (Fsp3) is 0.615. The number of hydrogen-bond donors (Lipinski definition) is 0. The van der Waals surface area contributed by atoms with Gasteiger partial charge in [0.25, 0.3) is 0 Å². The standard InChI is InChI=1S/C13H18BrClN2O/c1-9(10-3-4-10)17(5-6-18-2)13-12(14)7-11(15)8-16-13/h7-10H,3-6H2,1-2H3. The van der Waals surface area contributed by atoms with Gasteiger partial charge in [0, 0.05) is 25.9 Å². The number of nitrogens with zero attached hydrogens (tertiary/aromatic N) is 2. The first kappa shape index (κ1) is 14.1. The maximum absolute atomic E-state index is 5.94. The van der Waals surface area contributed by atoms with Crippen molar-refractivity contribution in [2.24, 2.45) is 5.92 Å². The van der Waals surface area contributed by atoms with Gasteiger partial charge in [-0.05, 0) is 47.7 Å². The lowest BCUT2D eigenvalue weighted by Gasteiger charge is -2.31. The van der Waals surface area contributed by atoms with Crippen molar-refractivity contribution in [3.05, 3.63) is 21.8 Å². The van der Waals surface area contributed by atoms with Crippen LogP contribution < -0.4 is 4.90 Å². The van der Waals surface area contributed by atoms with Crippen molar-refractivity contribution in [2.45, 2.75) is 25.8 Å². The van der Waals surface area contributed by atoms with Gasteiger partial charge in [0.15, 0.2) is 0 Å². The van der Waals surface area contributed by atoms with E-state index in [1.165, 1.54) is 12.8 Å². The maximum Gasteiger partial charge on any atom is 0.143 e. The van der Waals surface area contributed by atoms with Gasteiger partial charge in [0.05, 0.1) is 16.1 Å². The summed E-state index contributed by atoms with van der Waals surface area (Å²) >= 11 is 9.49. The number of rotatable bonds is 6. The minimum absolute atomic E-state index is 0.491. The van der Waals surface area contributed by atoms with Crippen LogP contribution in [0.3, 0.4) is 0 Å². The minimum atomic E-state index is 0.491. The molecule has 5 heteroatoms. The average molecular weight is 334 g/mol. The van der Waals surface area contributed by atoms with Crippen LogP contribution >= 0.6 is 27.5 Å². The Morgan fingerprint density at radius 2 is 2.33 bits per heavy atom. The van der Waals surface area contributed by atoms with Crippen LogP contribution in [0.15, 0.2) is 16.7 Å². The Hall–Kier alpha value is -0.320. The molecule has 0 N–H and O–H groups in total. The highest BCUT2D eigenvalue weighted by atomic mass is 79.9. The Morgan fingerprint density at radius 3 is 2.89 bits per heavy atom. The Balaban J connectivity index is 2.20. The molecule has 0 aromatic carbocycles. The van der Waals surface area contributed by atoms with E-state index < -0.39 is 0 Å². The summed E-state index contributed by atoms with van der Waals surface area (Å²) in [6, 6.07) is 2.38. The van der Waals surface area contributed by atoms with Crippen LogP contribution in [0.25, 0.3) is 0 Å². The Morgan fingerprint density at radius 1 is 1.61 bits per heavy atom. The fourth-order valence-electron chi connectivity index (χ4n) is 2.14. The maximum atomic E-state index is 5.94. The molecule has 0 amide bonds. The van der Waals surface area contributed by atoms with E-state index in [-0.39, 0.29) is 0 Å². The van der Waals surface area contributed by atoms with Gasteiger partial charge in [0.1, 0.15) is 5.82 Å². The second-order valence-corrected chi connectivity index (χ2v) is 6.01. The zero-order chi connectivity index (χ0) is 13.1. The van der Waals surface area contributed by atoms with E-state index in [4.69, 9.17) is 16.3 Å². The second kappa shape index (κ2) is 6.22. The third-order valence-corrected chi connectivity index (χ3v) is 4.18. The zero-order valence-electron chi connectivity index (χ0n) is 10.7. The predicted molar refractivity (Wildman–Crippen MR) is 78.4 cm³/mol. The van der Waals surface area contributed by atoms with Crippen LogP contribution in [0, 0.1) is 5.92 Å². The van der Waals surface area contributed by atoms with Crippen LogP contribution in [-0.2, 0) is 4.74 Å². The number of pyridine rings is 1. The van der Waals surface area contributed by atoms with Gasteiger partial charge in [-0.25, -0.2) is 4.98 Å². The van der Waals surface area contributed by atoms with Crippen LogP contribution in [0.5, 0.6) is 0 Å². The monoisotopic (exact) mass is 332 g/mol. The average Bonchev–Trinajstić information content (AvgIpc) is 3.15. The number of methoxy groups -OCH3 is 1. The Bertz CT molecular complexity index is 412. The highest BCUT2D eigenvalue weighted by Crippen LogP contribution is 2.38. The summed E-state index contributed by atoms with van der Waals surface area (Å²) in [4.78, 5) is 6.76. The van der Waals surface area contributed by atoms with E-state index >= 15 is 0 Å². The van der Waals surface area contributed by atoms with Gasteiger partial charge in [-0.3, -0.25) is 0 Å². The smallest absolute Gasteiger partial charge is 0.143 e. The first-order valence-corrected chi connectivity index (χ1v) is 7.37. The Labute approximate surface area is 122 Å². The summed E-state index contributed by atoms with van der Waals surface area (Å²) in [6.45, 7) is 3.81. The largest absolute Gasteiger partial charge is 0.383 e. The number of hydrogen-bond acceptors (Lipinski definition) is 3. The van der Waals surface area contributed by atoms with E-state index in [2.05, 4.69) is 32.7 Å². The van der Waals surface area contributed by atoms with E-state index in [0.717, 1.165) is 22.8 Å². The predicted octanol–water partition coefficient (Wildman–Crippen LogP) is 3.75. The number of ether oxygens (including phenoxy) is 1. The first-order valence-electron chi connectivity index (χ1n) is 6.20. The molecule has 0 saturated heterocycles. The molecule has 1 fully saturated rings. The molecule has 1 saturated carbocycles. The highest BCUT2D eigenvalue weighted by molar-refractivity contribution is 9.10. The van der Waals surface area contributed by atoms with Gasteiger partial charge < -0.3 is 9.64 Å².